The Balaban J connectivity index is 2.32. The molecule has 0 amide bonds. The van der Waals surface area contributed by atoms with Gasteiger partial charge >= 0.3 is 0 Å². The van der Waals surface area contributed by atoms with Gasteiger partial charge in [0.05, 0.1) is 0 Å². The summed E-state index contributed by atoms with van der Waals surface area (Å²) in [6, 6.07) is 2.68. The van der Waals surface area contributed by atoms with E-state index in [-0.39, 0.29) is 23.1 Å². The van der Waals surface area contributed by atoms with E-state index in [1.165, 1.54) is 18.3 Å². The molecule has 0 aliphatic carbocycles. The standard InChI is InChI=1S/C8H8FN7/c9-4-2-1-3-12-8(4)16-13-5-6(10)14-15-7(5)11/h1-3H,(H5,10,11,14,15). The summed E-state index contributed by atoms with van der Waals surface area (Å²) in [5.41, 5.74) is 11.1. The maximum atomic E-state index is 13.1. The number of hydrogen-bond donors (Lipinski definition) is 3. The van der Waals surface area contributed by atoms with Crippen molar-refractivity contribution in [3.63, 3.8) is 0 Å². The first-order valence-electron chi connectivity index (χ1n) is 4.30. The number of pyridine rings is 1. The molecule has 0 radical (unpaired) electrons. The highest BCUT2D eigenvalue weighted by Crippen LogP contribution is 2.27. The minimum absolute atomic E-state index is 0.0950. The number of azo groups is 1. The molecule has 0 aromatic carbocycles. The van der Waals surface area contributed by atoms with Gasteiger partial charge in [0.2, 0.25) is 5.82 Å². The number of aromatic amines is 1. The van der Waals surface area contributed by atoms with E-state index in [2.05, 4.69) is 25.4 Å². The molecule has 0 aliphatic heterocycles. The third-order valence-corrected chi connectivity index (χ3v) is 1.78. The summed E-state index contributed by atoms with van der Waals surface area (Å²) < 4.78 is 13.1. The zero-order chi connectivity index (χ0) is 11.5. The lowest BCUT2D eigenvalue weighted by Crippen LogP contribution is -1.85. The number of nitrogens with two attached hydrogens (primary N) is 2. The van der Waals surface area contributed by atoms with Crippen LogP contribution in [0.5, 0.6) is 0 Å². The van der Waals surface area contributed by atoms with Crippen LogP contribution in [0.1, 0.15) is 0 Å². The highest BCUT2D eigenvalue weighted by Gasteiger charge is 2.07. The third-order valence-electron chi connectivity index (χ3n) is 1.78. The summed E-state index contributed by atoms with van der Waals surface area (Å²) in [5, 5.41) is 13.3. The molecule has 8 heteroatoms. The number of H-pyrrole nitrogens is 1. The fourth-order valence-electron chi connectivity index (χ4n) is 1.02. The summed E-state index contributed by atoms with van der Waals surface area (Å²) >= 11 is 0. The number of halogens is 1. The number of rotatable bonds is 2. The van der Waals surface area contributed by atoms with Crippen LogP contribution in [-0.2, 0) is 0 Å². The molecule has 0 fully saturated rings. The van der Waals surface area contributed by atoms with Crippen LogP contribution >= 0.6 is 0 Å². The third kappa shape index (κ3) is 1.80. The molecule has 0 bridgehead atoms. The van der Waals surface area contributed by atoms with Crippen molar-refractivity contribution in [1.29, 1.82) is 0 Å². The summed E-state index contributed by atoms with van der Waals surface area (Å²) in [5.74, 6) is -0.454. The first kappa shape index (κ1) is 10.0. The second-order valence-electron chi connectivity index (χ2n) is 2.88. The Kier molecular flexibility index (Phi) is 2.46. The van der Waals surface area contributed by atoms with Crippen molar-refractivity contribution in [2.75, 3.05) is 11.5 Å². The second kappa shape index (κ2) is 3.93. The molecular formula is C8H8FN7. The maximum Gasteiger partial charge on any atom is 0.210 e. The van der Waals surface area contributed by atoms with E-state index in [1.807, 2.05) is 0 Å². The lowest BCUT2D eigenvalue weighted by molar-refractivity contribution is 0.622. The van der Waals surface area contributed by atoms with E-state index in [1.54, 1.807) is 0 Å². The summed E-state index contributed by atoms with van der Waals surface area (Å²) in [7, 11) is 0. The average molecular weight is 221 g/mol. The molecule has 0 saturated heterocycles. The fourth-order valence-corrected chi connectivity index (χ4v) is 1.02. The van der Waals surface area contributed by atoms with Crippen LogP contribution in [0, 0.1) is 5.82 Å². The largest absolute Gasteiger partial charge is 0.382 e. The number of nitrogens with zero attached hydrogens (tertiary/aromatic N) is 4. The Morgan fingerprint density at radius 3 is 2.75 bits per heavy atom. The molecule has 0 saturated carbocycles. The Labute approximate surface area is 89.4 Å². The lowest BCUT2D eigenvalue weighted by atomic mass is 10.4. The topological polar surface area (TPSA) is 118 Å². The summed E-state index contributed by atoms with van der Waals surface area (Å²) in [6.45, 7) is 0. The predicted molar refractivity (Wildman–Crippen MR) is 55.8 cm³/mol. The monoisotopic (exact) mass is 221 g/mol. The van der Waals surface area contributed by atoms with Crippen molar-refractivity contribution in [2.24, 2.45) is 10.2 Å². The molecule has 2 heterocycles. The van der Waals surface area contributed by atoms with Crippen LogP contribution in [0.15, 0.2) is 28.6 Å². The molecule has 2 aromatic heterocycles. The minimum Gasteiger partial charge on any atom is -0.382 e. The Morgan fingerprint density at radius 1 is 1.31 bits per heavy atom. The van der Waals surface area contributed by atoms with Crippen LogP contribution in [0.2, 0.25) is 0 Å². The average Bonchev–Trinajstić information content (AvgIpc) is 2.58. The fraction of sp³-hybridized carbons (Fsp3) is 0. The van der Waals surface area contributed by atoms with Gasteiger partial charge in [0.15, 0.2) is 17.3 Å². The SMILES string of the molecule is Nc1n[nH]c(N)c1N=Nc1ncccc1F. The van der Waals surface area contributed by atoms with Crippen molar-refractivity contribution < 1.29 is 4.39 Å². The first-order chi connectivity index (χ1) is 7.68. The summed E-state index contributed by atoms with van der Waals surface area (Å²) in [4.78, 5) is 3.69. The van der Waals surface area contributed by atoms with E-state index in [4.69, 9.17) is 11.5 Å². The van der Waals surface area contributed by atoms with Crippen molar-refractivity contribution in [2.45, 2.75) is 0 Å². The molecule has 0 spiro atoms. The molecule has 2 aromatic rings. The highest BCUT2D eigenvalue weighted by molar-refractivity contribution is 5.70. The van der Waals surface area contributed by atoms with Gasteiger partial charge in [0, 0.05) is 6.20 Å². The van der Waals surface area contributed by atoms with Crippen LogP contribution in [0.4, 0.5) is 27.5 Å². The van der Waals surface area contributed by atoms with Gasteiger partial charge in [0.1, 0.15) is 5.82 Å². The van der Waals surface area contributed by atoms with E-state index in [0.717, 1.165) is 0 Å². The quantitative estimate of drug-likeness (QED) is 0.666. The van der Waals surface area contributed by atoms with Crippen molar-refractivity contribution in [3.8, 4) is 0 Å². The molecule has 0 atom stereocenters. The molecule has 2 rings (SSSR count). The van der Waals surface area contributed by atoms with Crippen molar-refractivity contribution >= 4 is 23.1 Å². The summed E-state index contributed by atoms with van der Waals surface area (Å²) in [6.07, 6.45) is 1.40. The van der Waals surface area contributed by atoms with Crippen LogP contribution in [0.25, 0.3) is 0 Å². The molecular weight excluding hydrogens is 213 g/mol. The van der Waals surface area contributed by atoms with E-state index < -0.39 is 5.82 Å². The molecule has 82 valence electrons. The molecule has 0 aliphatic rings. The zero-order valence-electron chi connectivity index (χ0n) is 8.05. The number of nitrogens with one attached hydrogen (secondary N) is 1. The smallest absolute Gasteiger partial charge is 0.210 e. The van der Waals surface area contributed by atoms with Gasteiger partial charge in [-0.25, -0.2) is 9.37 Å². The number of aromatic nitrogens is 3. The van der Waals surface area contributed by atoms with Crippen molar-refractivity contribution in [3.05, 3.63) is 24.1 Å². The number of hydrogen-bond acceptors (Lipinski definition) is 6. The molecule has 16 heavy (non-hydrogen) atoms. The maximum absolute atomic E-state index is 13.1. The Hall–Kier alpha value is -2.51. The Morgan fingerprint density at radius 2 is 2.12 bits per heavy atom. The number of anilines is 2. The minimum atomic E-state index is -0.577. The van der Waals surface area contributed by atoms with Gasteiger partial charge in [-0.1, -0.05) is 0 Å². The highest BCUT2D eigenvalue weighted by atomic mass is 19.1. The zero-order valence-corrected chi connectivity index (χ0v) is 8.05. The number of nitrogen functional groups attached to an aromatic ring is 2. The van der Waals surface area contributed by atoms with E-state index in [0.29, 0.717) is 0 Å². The van der Waals surface area contributed by atoms with Crippen LogP contribution < -0.4 is 11.5 Å². The normalized spacial score (nSPS) is 11.1. The molecule has 7 nitrogen and oxygen atoms in total. The van der Waals surface area contributed by atoms with Gasteiger partial charge in [-0.3, -0.25) is 5.10 Å². The van der Waals surface area contributed by atoms with Gasteiger partial charge in [0.25, 0.3) is 0 Å². The van der Waals surface area contributed by atoms with Crippen LogP contribution in [0.3, 0.4) is 0 Å². The lowest BCUT2D eigenvalue weighted by Gasteiger charge is -1.93. The van der Waals surface area contributed by atoms with E-state index >= 15 is 0 Å². The van der Waals surface area contributed by atoms with Gasteiger partial charge in [-0.2, -0.15) is 5.10 Å². The second-order valence-corrected chi connectivity index (χ2v) is 2.88. The van der Waals surface area contributed by atoms with Gasteiger partial charge in [-0.15, -0.1) is 10.2 Å². The predicted octanol–water partition coefficient (Wildman–Crippen LogP) is 1.52. The van der Waals surface area contributed by atoms with Gasteiger partial charge in [-0.05, 0) is 12.1 Å². The van der Waals surface area contributed by atoms with Gasteiger partial charge < -0.3 is 11.5 Å². The molecule has 5 N–H and O–H groups in total. The van der Waals surface area contributed by atoms with E-state index in [9.17, 15) is 4.39 Å². The molecule has 0 unspecified atom stereocenters. The van der Waals surface area contributed by atoms with Crippen LogP contribution in [-0.4, -0.2) is 15.2 Å². The Bertz CT molecular complexity index is 513. The first-order valence-corrected chi connectivity index (χ1v) is 4.30. The van der Waals surface area contributed by atoms with Crippen molar-refractivity contribution in [1.82, 2.24) is 15.2 Å².